The standard InChI is InChI=1S/C26H36N2OS/c1-8-22-19(3)25(30(6,7)21-12-10-9-11-13-21)18(2)16-26(22,17-27)23-14-15-24(29-5)28-20(23)4/h8-15,18-19,24-25,28H,16H2,1-7H3/b22-8+/t18-,19-,24?,25+,26+/m1/s1. The van der Waals surface area contributed by atoms with Crippen molar-refractivity contribution in [3.8, 4) is 6.07 Å². The fourth-order valence-electron chi connectivity index (χ4n) is 5.99. The van der Waals surface area contributed by atoms with Crippen LogP contribution < -0.4 is 5.32 Å². The van der Waals surface area contributed by atoms with Gasteiger partial charge in [-0.2, -0.15) is 5.26 Å². The number of nitrogens with zero attached hydrogens (tertiary/aromatic N) is 1. The topological polar surface area (TPSA) is 45.0 Å². The van der Waals surface area contributed by atoms with E-state index in [1.165, 1.54) is 10.5 Å². The molecular formula is C26H36N2OS. The van der Waals surface area contributed by atoms with Crippen LogP contribution in [0.1, 0.15) is 34.1 Å². The maximum Gasteiger partial charge on any atom is 0.146 e. The highest BCUT2D eigenvalue weighted by Gasteiger charge is 2.52. The Morgan fingerprint density at radius 1 is 1.23 bits per heavy atom. The molecule has 5 atom stereocenters. The van der Waals surface area contributed by atoms with Gasteiger partial charge < -0.3 is 10.1 Å². The summed E-state index contributed by atoms with van der Waals surface area (Å²) >= 11 is 0. The molecule has 0 bridgehead atoms. The summed E-state index contributed by atoms with van der Waals surface area (Å²) in [5.41, 5.74) is 2.80. The third-order valence-corrected chi connectivity index (χ3v) is 10.8. The Balaban J connectivity index is 2.07. The third-order valence-electron chi connectivity index (χ3n) is 7.11. The molecule has 0 aromatic heterocycles. The van der Waals surface area contributed by atoms with Crippen molar-refractivity contribution < 1.29 is 4.74 Å². The van der Waals surface area contributed by atoms with E-state index in [9.17, 15) is 5.26 Å². The lowest BCUT2D eigenvalue weighted by molar-refractivity contribution is 0.118. The zero-order chi connectivity index (χ0) is 22.1. The molecule has 0 spiro atoms. The summed E-state index contributed by atoms with van der Waals surface area (Å²) in [6.45, 7) is 8.86. The molecule has 3 nitrogen and oxygen atoms in total. The summed E-state index contributed by atoms with van der Waals surface area (Å²) in [7, 11) is 0.657. The predicted octanol–water partition coefficient (Wildman–Crippen LogP) is 6.02. The van der Waals surface area contributed by atoms with Crippen LogP contribution in [0.4, 0.5) is 0 Å². The molecule has 2 aliphatic rings. The third kappa shape index (κ3) is 3.63. The highest BCUT2D eigenvalue weighted by atomic mass is 32.3. The summed E-state index contributed by atoms with van der Waals surface area (Å²) < 4.78 is 5.44. The maximum atomic E-state index is 10.6. The second-order valence-electron chi connectivity index (χ2n) is 9.11. The first-order valence-corrected chi connectivity index (χ1v) is 13.3. The molecule has 3 rings (SSSR count). The van der Waals surface area contributed by atoms with Crippen LogP contribution in [-0.2, 0) is 4.74 Å². The lowest BCUT2D eigenvalue weighted by Crippen LogP contribution is -2.46. The molecule has 1 aromatic rings. The lowest BCUT2D eigenvalue weighted by atomic mass is 9.59. The number of nitriles is 1. The number of ether oxygens (including phenoxy) is 1. The molecular weight excluding hydrogens is 388 g/mol. The van der Waals surface area contributed by atoms with Crippen molar-refractivity contribution in [1.82, 2.24) is 5.32 Å². The van der Waals surface area contributed by atoms with Gasteiger partial charge in [0.15, 0.2) is 0 Å². The van der Waals surface area contributed by atoms with Gasteiger partial charge in [-0.3, -0.25) is 0 Å². The van der Waals surface area contributed by atoms with Crippen LogP contribution in [0.2, 0.25) is 0 Å². The quantitative estimate of drug-likeness (QED) is 0.601. The normalized spacial score (nSPS) is 33.9. The van der Waals surface area contributed by atoms with Crippen molar-refractivity contribution in [2.24, 2.45) is 17.3 Å². The highest BCUT2D eigenvalue weighted by molar-refractivity contribution is 8.33. The molecule has 0 saturated heterocycles. The first kappa shape index (κ1) is 22.7. The van der Waals surface area contributed by atoms with Crippen LogP contribution in [-0.4, -0.2) is 31.1 Å². The Kier molecular flexibility index (Phi) is 6.55. The Hall–Kier alpha value is -1.96. The summed E-state index contributed by atoms with van der Waals surface area (Å²) in [6.07, 6.45) is 12.0. The van der Waals surface area contributed by atoms with E-state index < -0.39 is 15.4 Å². The number of rotatable bonds is 4. The average Bonchev–Trinajstić information content (AvgIpc) is 2.73. The van der Waals surface area contributed by atoms with Crippen molar-refractivity contribution in [1.29, 1.82) is 5.26 Å². The van der Waals surface area contributed by atoms with E-state index in [-0.39, 0.29) is 6.23 Å². The van der Waals surface area contributed by atoms with Gasteiger partial charge in [0, 0.05) is 18.1 Å². The first-order chi connectivity index (χ1) is 14.2. The molecule has 4 heteroatoms. The molecule has 162 valence electrons. The fraction of sp³-hybridized carbons (Fsp3) is 0.500. The zero-order valence-corrected chi connectivity index (χ0v) is 20.2. The Morgan fingerprint density at radius 3 is 2.43 bits per heavy atom. The first-order valence-electron chi connectivity index (χ1n) is 10.8. The van der Waals surface area contributed by atoms with Gasteiger partial charge in [-0.05, 0) is 66.7 Å². The Morgan fingerprint density at radius 2 is 1.90 bits per heavy atom. The smallest absolute Gasteiger partial charge is 0.146 e. The van der Waals surface area contributed by atoms with Gasteiger partial charge >= 0.3 is 0 Å². The van der Waals surface area contributed by atoms with Gasteiger partial charge in [-0.15, -0.1) is 0 Å². The summed E-state index contributed by atoms with van der Waals surface area (Å²) in [5.74, 6) is 0.764. The maximum absolute atomic E-state index is 10.6. The molecule has 1 N–H and O–H groups in total. The molecule has 1 aliphatic heterocycles. The van der Waals surface area contributed by atoms with Gasteiger partial charge in [-0.1, -0.05) is 56.3 Å². The van der Waals surface area contributed by atoms with Crippen molar-refractivity contribution in [3.05, 3.63) is 65.4 Å². The number of allylic oxidation sites excluding steroid dienone is 5. The van der Waals surface area contributed by atoms with Crippen molar-refractivity contribution in [2.75, 3.05) is 19.6 Å². The van der Waals surface area contributed by atoms with Crippen molar-refractivity contribution in [2.45, 2.75) is 50.5 Å². The molecule has 1 heterocycles. The van der Waals surface area contributed by atoms with E-state index in [0.717, 1.165) is 17.7 Å². The zero-order valence-electron chi connectivity index (χ0n) is 19.4. The number of hydrogen-bond donors (Lipinski definition) is 1. The van der Waals surface area contributed by atoms with Crippen LogP contribution in [0.5, 0.6) is 0 Å². The van der Waals surface area contributed by atoms with Gasteiger partial charge in [-0.25, -0.2) is 10.0 Å². The lowest BCUT2D eigenvalue weighted by Gasteiger charge is -2.55. The van der Waals surface area contributed by atoms with E-state index in [0.29, 0.717) is 17.1 Å². The number of dihydropyridines is 1. The largest absolute Gasteiger partial charge is 0.360 e. The Bertz CT molecular complexity index is 909. The van der Waals surface area contributed by atoms with Crippen LogP contribution in [0.25, 0.3) is 0 Å². The summed E-state index contributed by atoms with van der Waals surface area (Å²) in [5, 5.41) is 14.5. The highest BCUT2D eigenvalue weighted by Crippen LogP contribution is 2.65. The van der Waals surface area contributed by atoms with E-state index in [1.807, 2.05) is 6.08 Å². The molecule has 1 fully saturated rings. The van der Waals surface area contributed by atoms with Crippen LogP contribution >= 0.6 is 10.0 Å². The summed E-state index contributed by atoms with van der Waals surface area (Å²) in [6, 6.07) is 13.7. The Labute approximate surface area is 184 Å². The molecule has 0 radical (unpaired) electrons. The molecule has 1 aromatic carbocycles. The second kappa shape index (κ2) is 8.65. The number of methoxy groups -OCH3 is 1. The molecule has 1 saturated carbocycles. The monoisotopic (exact) mass is 424 g/mol. The van der Waals surface area contributed by atoms with E-state index in [2.05, 4.69) is 94.1 Å². The second-order valence-corrected chi connectivity index (χ2v) is 12.9. The van der Waals surface area contributed by atoms with Gasteiger partial charge in [0.2, 0.25) is 0 Å². The van der Waals surface area contributed by atoms with Gasteiger partial charge in [0.25, 0.3) is 0 Å². The van der Waals surface area contributed by atoms with E-state index in [1.54, 1.807) is 7.11 Å². The van der Waals surface area contributed by atoms with Crippen molar-refractivity contribution in [3.63, 3.8) is 0 Å². The molecule has 1 unspecified atom stereocenters. The van der Waals surface area contributed by atoms with E-state index >= 15 is 0 Å². The molecule has 0 amide bonds. The fourth-order valence-corrected chi connectivity index (χ4v) is 9.59. The minimum Gasteiger partial charge on any atom is -0.360 e. The number of benzene rings is 1. The number of hydrogen-bond acceptors (Lipinski definition) is 3. The van der Waals surface area contributed by atoms with Crippen LogP contribution in [0, 0.1) is 28.6 Å². The average molecular weight is 425 g/mol. The van der Waals surface area contributed by atoms with Crippen LogP contribution in [0.15, 0.2) is 70.3 Å². The molecule has 1 aliphatic carbocycles. The van der Waals surface area contributed by atoms with Gasteiger partial charge in [0.05, 0.1) is 6.07 Å². The number of nitrogens with one attached hydrogen (secondary N) is 1. The predicted molar refractivity (Wildman–Crippen MR) is 128 cm³/mol. The van der Waals surface area contributed by atoms with Crippen molar-refractivity contribution >= 4 is 10.0 Å². The summed E-state index contributed by atoms with van der Waals surface area (Å²) in [4.78, 5) is 1.45. The minimum atomic E-state index is -1.04. The van der Waals surface area contributed by atoms with Crippen LogP contribution in [0.3, 0.4) is 0 Å². The SMILES string of the molecule is C/C=C1\[C@@H](C)[C@@H](S(C)(C)c2ccccc2)[C@H](C)C[C@@]1(C#N)C1=C(C)NC(OC)C=C1. The van der Waals surface area contributed by atoms with E-state index in [4.69, 9.17) is 4.74 Å². The van der Waals surface area contributed by atoms with Gasteiger partial charge in [0.1, 0.15) is 11.6 Å². The minimum absolute atomic E-state index is 0.133. The molecule has 30 heavy (non-hydrogen) atoms.